The van der Waals surface area contributed by atoms with Crippen LogP contribution < -0.4 is 5.32 Å². The Bertz CT molecular complexity index is 822. The summed E-state index contributed by atoms with van der Waals surface area (Å²) in [5.74, 6) is 2.27. The summed E-state index contributed by atoms with van der Waals surface area (Å²) >= 11 is 0. The number of rotatable bonds is 3. The molecule has 1 saturated heterocycles. The van der Waals surface area contributed by atoms with Gasteiger partial charge in [-0.25, -0.2) is 0 Å². The summed E-state index contributed by atoms with van der Waals surface area (Å²) in [6, 6.07) is 6.61. The van der Waals surface area contributed by atoms with E-state index in [-0.39, 0.29) is 5.91 Å². The molecule has 6 heteroatoms. The molecule has 2 aliphatic rings. The van der Waals surface area contributed by atoms with Crippen molar-refractivity contribution in [3.05, 3.63) is 46.5 Å². The molecular formula is C21H29N5O. The predicted molar refractivity (Wildman–Crippen MR) is 105 cm³/mol. The third-order valence-electron chi connectivity index (χ3n) is 5.96. The van der Waals surface area contributed by atoms with E-state index in [1.807, 2.05) is 4.90 Å². The first kappa shape index (κ1) is 18.2. The molecule has 0 bridgehead atoms. The third-order valence-corrected chi connectivity index (χ3v) is 5.96. The lowest BCUT2D eigenvalue weighted by molar-refractivity contribution is -0.130. The van der Waals surface area contributed by atoms with E-state index in [2.05, 4.69) is 52.1 Å². The second-order valence-corrected chi connectivity index (χ2v) is 7.85. The quantitative estimate of drug-likeness (QED) is 0.904. The Morgan fingerprint density at radius 3 is 2.81 bits per heavy atom. The Balaban J connectivity index is 1.42. The number of benzene rings is 1. The number of aromatic nitrogens is 3. The van der Waals surface area contributed by atoms with Crippen LogP contribution >= 0.6 is 0 Å². The summed E-state index contributed by atoms with van der Waals surface area (Å²) in [4.78, 5) is 14.8. The Labute approximate surface area is 161 Å². The van der Waals surface area contributed by atoms with Gasteiger partial charge in [0.25, 0.3) is 0 Å². The minimum Gasteiger partial charge on any atom is -0.340 e. The maximum atomic E-state index is 12.8. The van der Waals surface area contributed by atoms with Gasteiger partial charge in [0.1, 0.15) is 11.6 Å². The van der Waals surface area contributed by atoms with Crippen LogP contribution in [-0.4, -0.2) is 45.2 Å². The monoisotopic (exact) mass is 367 g/mol. The number of fused-ring (bicyclic) bond motifs is 1. The fourth-order valence-corrected chi connectivity index (χ4v) is 4.12. The number of amides is 1. The average Bonchev–Trinajstić information content (AvgIpc) is 2.96. The Hall–Kier alpha value is -2.21. The van der Waals surface area contributed by atoms with Gasteiger partial charge < -0.3 is 14.8 Å². The third kappa shape index (κ3) is 3.90. The molecule has 0 unspecified atom stereocenters. The highest BCUT2D eigenvalue weighted by atomic mass is 16.2. The van der Waals surface area contributed by atoms with Gasteiger partial charge in [0, 0.05) is 26.1 Å². The SMILES string of the molecule is Cc1ccc(CC(=O)N2CCc3nnc([C@H]4CCCCN4)n3CC2)cc1C. The zero-order chi connectivity index (χ0) is 18.8. The Morgan fingerprint density at radius 1 is 1.15 bits per heavy atom. The van der Waals surface area contributed by atoms with Gasteiger partial charge in [-0.3, -0.25) is 4.79 Å². The molecule has 0 radical (unpaired) electrons. The van der Waals surface area contributed by atoms with Gasteiger partial charge in [0.15, 0.2) is 0 Å². The van der Waals surface area contributed by atoms with E-state index < -0.39 is 0 Å². The van der Waals surface area contributed by atoms with Crippen molar-refractivity contribution in [2.75, 3.05) is 19.6 Å². The van der Waals surface area contributed by atoms with Crippen molar-refractivity contribution < 1.29 is 4.79 Å². The fraction of sp³-hybridized carbons (Fsp3) is 0.571. The number of carbonyl (C=O) groups excluding carboxylic acids is 1. The van der Waals surface area contributed by atoms with Crippen LogP contribution in [0.15, 0.2) is 18.2 Å². The Morgan fingerprint density at radius 2 is 2.04 bits per heavy atom. The fourth-order valence-electron chi connectivity index (χ4n) is 4.12. The first-order valence-electron chi connectivity index (χ1n) is 10.1. The van der Waals surface area contributed by atoms with Crippen molar-refractivity contribution in [2.24, 2.45) is 0 Å². The number of hydrogen-bond donors (Lipinski definition) is 1. The van der Waals surface area contributed by atoms with E-state index in [1.54, 1.807) is 0 Å². The molecule has 0 aliphatic carbocycles. The molecule has 1 atom stereocenters. The minimum absolute atomic E-state index is 0.203. The van der Waals surface area contributed by atoms with E-state index in [0.29, 0.717) is 12.5 Å². The molecule has 4 rings (SSSR count). The van der Waals surface area contributed by atoms with Gasteiger partial charge in [-0.05, 0) is 49.9 Å². The summed E-state index contributed by atoms with van der Waals surface area (Å²) in [6.07, 6.45) is 4.84. The lowest BCUT2D eigenvalue weighted by Gasteiger charge is -2.24. The van der Waals surface area contributed by atoms with E-state index in [4.69, 9.17) is 0 Å². The van der Waals surface area contributed by atoms with Gasteiger partial charge >= 0.3 is 0 Å². The van der Waals surface area contributed by atoms with Crippen molar-refractivity contribution in [3.63, 3.8) is 0 Å². The summed E-state index contributed by atoms with van der Waals surface area (Å²) in [5, 5.41) is 12.5. The maximum Gasteiger partial charge on any atom is 0.227 e. The van der Waals surface area contributed by atoms with Gasteiger partial charge in [-0.2, -0.15) is 0 Å². The smallest absolute Gasteiger partial charge is 0.227 e. The minimum atomic E-state index is 0.203. The molecule has 1 N–H and O–H groups in total. The molecule has 144 valence electrons. The predicted octanol–water partition coefficient (Wildman–Crippen LogP) is 2.34. The zero-order valence-corrected chi connectivity index (χ0v) is 16.4. The van der Waals surface area contributed by atoms with Gasteiger partial charge in [0.05, 0.1) is 12.5 Å². The second-order valence-electron chi connectivity index (χ2n) is 7.85. The van der Waals surface area contributed by atoms with Crippen molar-refractivity contribution in [1.82, 2.24) is 25.0 Å². The molecule has 3 heterocycles. The van der Waals surface area contributed by atoms with Crippen molar-refractivity contribution in [1.29, 1.82) is 0 Å². The second kappa shape index (κ2) is 7.80. The molecule has 0 saturated carbocycles. The topological polar surface area (TPSA) is 63.1 Å². The van der Waals surface area contributed by atoms with E-state index >= 15 is 0 Å². The molecule has 1 amide bonds. The van der Waals surface area contributed by atoms with Crippen LogP contribution in [0.3, 0.4) is 0 Å². The zero-order valence-electron chi connectivity index (χ0n) is 16.4. The highest BCUT2D eigenvalue weighted by molar-refractivity contribution is 5.79. The number of piperidine rings is 1. The highest BCUT2D eigenvalue weighted by Crippen LogP contribution is 2.23. The molecule has 6 nitrogen and oxygen atoms in total. The van der Waals surface area contributed by atoms with Crippen molar-refractivity contribution in [2.45, 2.75) is 58.5 Å². The highest BCUT2D eigenvalue weighted by Gasteiger charge is 2.26. The summed E-state index contributed by atoms with van der Waals surface area (Å²) in [5.41, 5.74) is 3.61. The molecular weight excluding hydrogens is 338 g/mol. The van der Waals surface area contributed by atoms with Gasteiger partial charge in [0.2, 0.25) is 5.91 Å². The molecule has 1 aromatic heterocycles. The van der Waals surface area contributed by atoms with Crippen LogP contribution in [0.1, 0.15) is 53.6 Å². The number of nitrogens with one attached hydrogen (secondary N) is 1. The maximum absolute atomic E-state index is 12.8. The summed E-state index contributed by atoms with van der Waals surface area (Å²) in [7, 11) is 0. The van der Waals surface area contributed by atoms with Crippen molar-refractivity contribution in [3.8, 4) is 0 Å². The van der Waals surface area contributed by atoms with Crippen LogP contribution in [0.5, 0.6) is 0 Å². The number of nitrogens with zero attached hydrogens (tertiary/aromatic N) is 4. The van der Waals surface area contributed by atoms with E-state index in [1.165, 1.54) is 24.0 Å². The van der Waals surface area contributed by atoms with Crippen LogP contribution in [0.25, 0.3) is 0 Å². The van der Waals surface area contributed by atoms with Crippen molar-refractivity contribution >= 4 is 5.91 Å². The lowest BCUT2D eigenvalue weighted by Crippen LogP contribution is -2.35. The lowest BCUT2D eigenvalue weighted by atomic mass is 10.0. The molecule has 1 fully saturated rings. The molecule has 27 heavy (non-hydrogen) atoms. The average molecular weight is 367 g/mol. The van der Waals surface area contributed by atoms with Crippen LogP contribution in [0.2, 0.25) is 0 Å². The number of carbonyl (C=O) groups is 1. The molecule has 2 aliphatic heterocycles. The molecule has 1 aromatic carbocycles. The van der Waals surface area contributed by atoms with Crippen LogP contribution in [-0.2, 0) is 24.2 Å². The van der Waals surface area contributed by atoms with Crippen LogP contribution in [0, 0.1) is 13.8 Å². The number of aryl methyl sites for hydroxylation is 2. The molecule has 2 aromatic rings. The first-order valence-corrected chi connectivity index (χ1v) is 10.1. The summed E-state index contributed by atoms with van der Waals surface area (Å²) in [6.45, 7) is 7.49. The van der Waals surface area contributed by atoms with E-state index in [0.717, 1.165) is 56.2 Å². The largest absolute Gasteiger partial charge is 0.340 e. The standard InChI is InChI=1S/C21H29N5O/c1-15-6-7-17(13-16(15)2)14-20(27)25-10-8-19-23-24-21(26(19)12-11-25)18-5-3-4-9-22-18/h6-7,13,18,22H,3-5,8-12,14H2,1-2H3/t18-/m1/s1. The van der Waals surface area contributed by atoms with Crippen LogP contribution in [0.4, 0.5) is 0 Å². The van der Waals surface area contributed by atoms with E-state index in [9.17, 15) is 4.79 Å². The number of hydrogen-bond acceptors (Lipinski definition) is 4. The van der Waals surface area contributed by atoms with Gasteiger partial charge in [-0.15, -0.1) is 10.2 Å². The molecule has 0 spiro atoms. The summed E-state index contributed by atoms with van der Waals surface area (Å²) < 4.78 is 2.24. The normalized spacial score (nSPS) is 20.2. The first-order chi connectivity index (χ1) is 13.1. The van der Waals surface area contributed by atoms with Gasteiger partial charge in [-0.1, -0.05) is 24.6 Å². The Kier molecular flexibility index (Phi) is 5.25.